The molecule has 1 aliphatic rings. The zero-order valence-corrected chi connectivity index (χ0v) is 23.9. The van der Waals surface area contributed by atoms with Crippen LogP contribution in [-0.4, -0.2) is 74.4 Å². The third-order valence-corrected chi connectivity index (χ3v) is 10.5. The molecule has 12 heteroatoms. The number of ether oxygens (including phenoxy) is 1. The number of sulfonamides is 2. The minimum Gasteiger partial charge on any atom is -0.487 e. The summed E-state index contributed by atoms with van der Waals surface area (Å²) in [5, 5.41) is 9.83. The van der Waals surface area contributed by atoms with Gasteiger partial charge in [-0.2, -0.15) is 8.61 Å². The number of aromatic nitrogens is 1. The number of hydrogen-bond donors (Lipinski definition) is 1. The molecule has 2 aromatic carbocycles. The normalized spacial score (nSPS) is 19.9. The number of nitrogens with zero attached hydrogens (tertiary/aromatic N) is 3. The topological polar surface area (TPSA) is 117 Å². The van der Waals surface area contributed by atoms with Crippen molar-refractivity contribution in [3.63, 3.8) is 0 Å². The van der Waals surface area contributed by atoms with Gasteiger partial charge in [-0.15, -0.1) is 0 Å². The predicted molar refractivity (Wildman–Crippen MR) is 147 cm³/mol. The molecule has 0 radical (unpaired) electrons. The largest absolute Gasteiger partial charge is 0.487 e. The zero-order valence-electron chi connectivity index (χ0n) is 22.2. The first-order chi connectivity index (χ1) is 18.9. The van der Waals surface area contributed by atoms with Crippen molar-refractivity contribution in [2.75, 3.05) is 26.7 Å². The van der Waals surface area contributed by atoms with Crippen LogP contribution in [0.1, 0.15) is 25.0 Å². The van der Waals surface area contributed by atoms with Crippen molar-refractivity contribution in [2.45, 2.75) is 35.8 Å². The quantitative estimate of drug-likeness (QED) is 0.441. The van der Waals surface area contributed by atoms with Crippen molar-refractivity contribution in [1.29, 1.82) is 0 Å². The predicted octanol–water partition coefficient (Wildman–Crippen LogP) is 2.71. The van der Waals surface area contributed by atoms with Crippen molar-refractivity contribution in [2.24, 2.45) is 5.92 Å². The maximum Gasteiger partial charge on any atom is 0.247 e. The molecule has 212 valence electrons. The summed E-state index contributed by atoms with van der Waals surface area (Å²) in [5.41, 5.74) is 1.21. The van der Waals surface area contributed by atoms with Gasteiger partial charge in [0, 0.05) is 49.1 Å². The first-order valence-electron chi connectivity index (χ1n) is 12.5. The molecule has 0 unspecified atom stereocenters. The van der Waals surface area contributed by atoms with Gasteiger partial charge in [-0.05, 0) is 61.5 Å². The summed E-state index contributed by atoms with van der Waals surface area (Å²) in [4.78, 5) is 3.77. The molecule has 1 aromatic heterocycles. The summed E-state index contributed by atoms with van der Waals surface area (Å²) in [6.45, 7) is 2.83. The monoisotopic (exact) mass is 587 g/mol. The maximum atomic E-state index is 13.7. The van der Waals surface area contributed by atoms with E-state index in [-0.39, 0.29) is 28.6 Å². The van der Waals surface area contributed by atoms with Gasteiger partial charge in [-0.3, -0.25) is 4.98 Å². The van der Waals surface area contributed by atoms with Crippen LogP contribution in [-0.2, 0) is 20.0 Å². The lowest BCUT2D eigenvalue weighted by atomic mass is 10.0. The van der Waals surface area contributed by atoms with Gasteiger partial charge < -0.3 is 9.84 Å². The standard InChI is InChI=1S/C28H30FN3O6S2/c1-20-17-32(21(2)19-33)40(36,37)28-11-6-23(5-4-22-12-14-30-15-13-22)16-26(28)38-27(20)18-31(3)39(34,35)25-9-7-24(29)8-10-25/h6-16,20-21,27,33H,17-19H2,1-3H3/t20-,21+,27-/m0/s1. The Hall–Kier alpha value is -3.34. The molecule has 9 nitrogen and oxygen atoms in total. The molecule has 40 heavy (non-hydrogen) atoms. The highest BCUT2D eigenvalue weighted by molar-refractivity contribution is 7.89. The number of hydrogen-bond acceptors (Lipinski definition) is 7. The lowest BCUT2D eigenvalue weighted by Gasteiger charge is -2.37. The van der Waals surface area contributed by atoms with Crippen LogP contribution in [0, 0.1) is 23.6 Å². The minimum atomic E-state index is -4.07. The van der Waals surface area contributed by atoms with E-state index in [1.165, 1.54) is 35.6 Å². The van der Waals surface area contributed by atoms with Crippen molar-refractivity contribution in [3.8, 4) is 17.6 Å². The number of rotatable bonds is 6. The molecule has 1 aliphatic heterocycles. The molecule has 4 rings (SSSR count). The molecular formula is C28H30FN3O6S2. The summed E-state index contributed by atoms with van der Waals surface area (Å²) in [5.74, 6) is 4.98. The number of fused-ring (bicyclic) bond motifs is 1. The molecule has 3 atom stereocenters. The van der Waals surface area contributed by atoms with Crippen LogP contribution in [0.4, 0.5) is 4.39 Å². The molecule has 3 aromatic rings. The fourth-order valence-corrected chi connectivity index (χ4v) is 7.25. The van der Waals surface area contributed by atoms with Crippen LogP contribution in [0.5, 0.6) is 5.75 Å². The van der Waals surface area contributed by atoms with E-state index in [1.54, 1.807) is 44.4 Å². The number of halogens is 1. The average molecular weight is 588 g/mol. The van der Waals surface area contributed by atoms with Crippen LogP contribution >= 0.6 is 0 Å². The Morgan fingerprint density at radius 3 is 2.42 bits per heavy atom. The third kappa shape index (κ3) is 6.35. The second kappa shape index (κ2) is 12.0. The van der Waals surface area contributed by atoms with E-state index in [9.17, 15) is 26.3 Å². The summed E-state index contributed by atoms with van der Waals surface area (Å²) in [7, 11) is -6.68. The highest BCUT2D eigenvalue weighted by Crippen LogP contribution is 2.34. The Bertz CT molecular complexity index is 1620. The van der Waals surface area contributed by atoms with E-state index >= 15 is 0 Å². The Labute approximate surface area is 234 Å². The molecule has 0 spiro atoms. The fraction of sp³-hybridized carbons (Fsp3) is 0.321. The van der Waals surface area contributed by atoms with Crippen molar-refractivity contribution >= 4 is 20.0 Å². The smallest absolute Gasteiger partial charge is 0.247 e. The van der Waals surface area contributed by atoms with Gasteiger partial charge in [-0.1, -0.05) is 18.8 Å². The molecule has 0 amide bonds. The lowest BCUT2D eigenvalue weighted by molar-refractivity contribution is 0.0904. The fourth-order valence-electron chi connectivity index (χ4n) is 4.24. The van der Waals surface area contributed by atoms with Crippen LogP contribution in [0.3, 0.4) is 0 Å². The number of pyridine rings is 1. The summed E-state index contributed by atoms with van der Waals surface area (Å²) < 4.78 is 75.7. The molecule has 1 N–H and O–H groups in total. The van der Waals surface area contributed by atoms with Crippen LogP contribution < -0.4 is 4.74 Å². The van der Waals surface area contributed by atoms with E-state index in [2.05, 4.69) is 16.8 Å². The summed E-state index contributed by atoms with van der Waals surface area (Å²) in [6, 6.07) is 11.8. The number of benzene rings is 2. The van der Waals surface area contributed by atoms with Gasteiger partial charge in [0.15, 0.2) is 0 Å². The first-order valence-corrected chi connectivity index (χ1v) is 15.4. The number of aliphatic hydroxyl groups is 1. The molecule has 0 aliphatic carbocycles. The minimum absolute atomic E-state index is 0.0117. The third-order valence-electron chi connectivity index (χ3n) is 6.66. The van der Waals surface area contributed by atoms with Crippen molar-refractivity contribution < 1.29 is 31.1 Å². The van der Waals surface area contributed by atoms with E-state index in [1.807, 2.05) is 0 Å². The van der Waals surface area contributed by atoms with E-state index < -0.39 is 50.5 Å². The van der Waals surface area contributed by atoms with Crippen molar-refractivity contribution in [1.82, 2.24) is 13.6 Å². The second-order valence-electron chi connectivity index (χ2n) is 9.63. The Morgan fingerprint density at radius 1 is 1.12 bits per heavy atom. The maximum absolute atomic E-state index is 13.7. The van der Waals surface area contributed by atoms with Crippen LogP contribution in [0.15, 0.2) is 76.8 Å². The van der Waals surface area contributed by atoms with Gasteiger partial charge in [0.1, 0.15) is 22.6 Å². The van der Waals surface area contributed by atoms with Crippen molar-refractivity contribution in [3.05, 3.63) is 83.9 Å². The summed E-state index contributed by atoms with van der Waals surface area (Å²) in [6.07, 6.45) is 2.45. The van der Waals surface area contributed by atoms with Crippen LogP contribution in [0.25, 0.3) is 0 Å². The van der Waals surface area contributed by atoms with E-state index in [0.29, 0.717) is 5.56 Å². The second-order valence-corrected chi connectivity index (χ2v) is 13.5. The highest BCUT2D eigenvalue weighted by Gasteiger charge is 2.39. The zero-order chi connectivity index (χ0) is 29.1. The number of aliphatic hydroxyl groups excluding tert-OH is 1. The molecule has 0 fully saturated rings. The molecule has 2 heterocycles. The van der Waals surface area contributed by atoms with Crippen LogP contribution in [0.2, 0.25) is 0 Å². The Balaban J connectivity index is 1.74. The van der Waals surface area contributed by atoms with Gasteiger partial charge in [0.2, 0.25) is 20.0 Å². The van der Waals surface area contributed by atoms with Gasteiger partial charge in [0.05, 0.1) is 18.0 Å². The summed E-state index contributed by atoms with van der Waals surface area (Å²) >= 11 is 0. The number of likely N-dealkylation sites (N-methyl/N-ethyl adjacent to an activating group) is 1. The Morgan fingerprint density at radius 2 is 1.77 bits per heavy atom. The van der Waals surface area contributed by atoms with Gasteiger partial charge in [0.25, 0.3) is 0 Å². The Kier molecular flexibility index (Phi) is 8.92. The van der Waals surface area contributed by atoms with Gasteiger partial charge >= 0.3 is 0 Å². The van der Waals surface area contributed by atoms with E-state index in [0.717, 1.165) is 22.0 Å². The average Bonchev–Trinajstić information content (AvgIpc) is 2.94. The first kappa shape index (κ1) is 29.6. The molecule has 0 bridgehead atoms. The highest BCUT2D eigenvalue weighted by atomic mass is 32.2. The lowest BCUT2D eigenvalue weighted by Crippen LogP contribution is -2.50. The SMILES string of the molecule is C[C@H](CO)N1C[C@H](C)[C@H](CN(C)S(=O)(=O)c2ccc(F)cc2)Oc2cc(C#Cc3ccncc3)ccc2S1(=O)=O. The molecular weight excluding hydrogens is 557 g/mol. The molecule has 0 saturated carbocycles. The van der Waals surface area contributed by atoms with Gasteiger partial charge in [-0.25, -0.2) is 21.2 Å². The molecule has 0 saturated heterocycles. The van der Waals surface area contributed by atoms with E-state index in [4.69, 9.17) is 4.74 Å².